The Bertz CT molecular complexity index is 395. The number of rotatable bonds is 4. The first-order valence-electron chi connectivity index (χ1n) is 5.78. The zero-order valence-corrected chi connectivity index (χ0v) is 11.3. The minimum Gasteiger partial charge on any atom is -0.311 e. The lowest BCUT2D eigenvalue weighted by atomic mass is 10.1. The van der Waals surface area contributed by atoms with E-state index in [9.17, 15) is 0 Å². The highest BCUT2D eigenvalue weighted by Crippen LogP contribution is 2.23. The molecule has 1 N–H and O–H groups in total. The Morgan fingerprint density at radius 2 is 2.24 bits per heavy atom. The van der Waals surface area contributed by atoms with E-state index < -0.39 is 0 Å². The fourth-order valence-corrected chi connectivity index (χ4v) is 4.45. The standard InChI is InChI=1S/C13H16N2S2/c14-7-11-3-1-2-4-12(11)8-15-9-13-10-16-5-6-17-13/h1-4,13,15H,5-6,8-10H2. The van der Waals surface area contributed by atoms with Crippen LogP contribution < -0.4 is 5.32 Å². The first kappa shape index (κ1) is 12.8. The van der Waals surface area contributed by atoms with Crippen LogP contribution in [0.25, 0.3) is 0 Å². The zero-order valence-electron chi connectivity index (χ0n) is 9.69. The van der Waals surface area contributed by atoms with Crippen molar-refractivity contribution in [2.45, 2.75) is 11.8 Å². The topological polar surface area (TPSA) is 35.8 Å². The van der Waals surface area contributed by atoms with E-state index in [1.807, 2.05) is 36.0 Å². The minimum atomic E-state index is 0.725. The predicted molar refractivity (Wildman–Crippen MR) is 76.4 cm³/mol. The van der Waals surface area contributed by atoms with Crippen LogP contribution >= 0.6 is 23.5 Å². The maximum Gasteiger partial charge on any atom is 0.0995 e. The fraction of sp³-hybridized carbons (Fsp3) is 0.462. The highest BCUT2D eigenvalue weighted by Gasteiger charge is 2.13. The van der Waals surface area contributed by atoms with E-state index in [1.165, 1.54) is 17.3 Å². The SMILES string of the molecule is N#Cc1ccccc1CNCC1CSCCS1. The molecule has 2 nitrogen and oxygen atoms in total. The van der Waals surface area contributed by atoms with Crippen LogP contribution in [0.4, 0.5) is 0 Å². The van der Waals surface area contributed by atoms with Gasteiger partial charge in [-0.05, 0) is 11.6 Å². The van der Waals surface area contributed by atoms with Crippen molar-refractivity contribution in [2.24, 2.45) is 0 Å². The summed E-state index contributed by atoms with van der Waals surface area (Å²) < 4.78 is 0. The second kappa shape index (κ2) is 6.95. The Labute approximate surface area is 111 Å². The molecule has 1 unspecified atom stereocenters. The molecule has 0 amide bonds. The molecule has 0 aromatic heterocycles. The third-order valence-corrected chi connectivity index (χ3v) is 5.56. The maximum atomic E-state index is 8.98. The Morgan fingerprint density at radius 3 is 3.00 bits per heavy atom. The van der Waals surface area contributed by atoms with Crippen LogP contribution in [-0.4, -0.2) is 29.1 Å². The molecule has 2 rings (SSSR count). The molecule has 1 saturated heterocycles. The van der Waals surface area contributed by atoms with Crippen LogP contribution in [-0.2, 0) is 6.54 Å². The molecule has 4 heteroatoms. The van der Waals surface area contributed by atoms with Crippen LogP contribution in [0, 0.1) is 11.3 Å². The van der Waals surface area contributed by atoms with E-state index >= 15 is 0 Å². The Morgan fingerprint density at radius 1 is 1.35 bits per heavy atom. The summed E-state index contributed by atoms with van der Waals surface area (Å²) in [5.41, 5.74) is 1.88. The zero-order chi connectivity index (χ0) is 11.9. The molecule has 1 heterocycles. The molecule has 0 saturated carbocycles. The van der Waals surface area contributed by atoms with Gasteiger partial charge in [0, 0.05) is 35.6 Å². The lowest BCUT2D eigenvalue weighted by Gasteiger charge is -2.21. The van der Waals surface area contributed by atoms with Crippen LogP contribution in [0.5, 0.6) is 0 Å². The molecule has 1 aliphatic heterocycles. The molecule has 1 fully saturated rings. The van der Waals surface area contributed by atoms with Crippen molar-refractivity contribution in [1.29, 1.82) is 5.26 Å². The molecular weight excluding hydrogens is 248 g/mol. The minimum absolute atomic E-state index is 0.725. The molecule has 1 aliphatic rings. The van der Waals surface area contributed by atoms with Gasteiger partial charge >= 0.3 is 0 Å². The van der Waals surface area contributed by atoms with E-state index in [0.717, 1.165) is 29.5 Å². The molecule has 0 radical (unpaired) electrons. The summed E-state index contributed by atoms with van der Waals surface area (Å²) in [5.74, 6) is 3.81. The quantitative estimate of drug-likeness (QED) is 0.906. The van der Waals surface area contributed by atoms with Gasteiger partial charge in [-0.15, -0.1) is 0 Å². The second-order valence-electron chi connectivity index (χ2n) is 3.97. The van der Waals surface area contributed by atoms with Crippen molar-refractivity contribution in [3.8, 4) is 6.07 Å². The summed E-state index contributed by atoms with van der Waals surface area (Å²) in [4.78, 5) is 0. The van der Waals surface area contributed by atoms with Crippen molar-refractivity contribution >= 4 is 23.5 Å². The second-order valence-corrected chi connectivity index (χ2v) is 6.53. The summed E-state index contributed by atoms with van der Waals surface area (Å²) in [6, 6.07) is 10.0. The van der Waals surface area contributed by atoms with Crippen LogP contribution in [0.3, 0.4) is 0 Å². The number of nitrogens with zero attached hydrogens (tertiary/aromatic N) is 1. The van der Waals surface area contributed by atoms with Crippen LogP contribution in [0.1, 0.15) is 11.1 Å². The third-order valence-electron chi connectivity index (χ3n) is 2.71. The average molecular weight is 264 g/mol. The highest BCUT2D eigenvalue weighted by atomic mass is 32.2. The van der Waals surface area contributed by atoms with Gasteiger partial charge in [0.25, 0.3) is 0 Å². The molecule has 1 aromatic carbocycles. The maximum absolute atomic E-state index is 8.98. The van der Waals surface area contributed by atoms with E-state index in [2.05, 4.69) is 23.1 Å². The van der Waals surface area contributed by atoms with Gasteiger partial charge in [-0.1, -0.05) is 18.2 Å². The first-order valence-corrected chi connectivity index (χ1v) is 7.98. The number of nitriles is 1. The number of nitrogens with one attached hydrogen (secondary N) is 1. The fourth-order valence-electron chi connectivity index (χ4n) is 1.81. The molecule has 90 valence electrons. The van der Waals surface area contributed by atoms with Gasteiger partial charge in [0.2, 0.25) is 0 Å². The van der Waals surface area contributed by atoms with E-state index in [4.69, 9.17) is 5.26 Å². The summed E-state index contributed by atoms with van der Waals surface area (Å²) in [6.07, 6.45) is 0. The lowest BCUT2D eigenvalue weighted by Crippen LogP contribution is -2.28. The summed E-state index contributed by atoms with van der Waals surface area (Å²) >= 11 is 4.10. The van der Waals surface area contributed by atoms with Gasteiger partial charge in [-0.3, -0.25) is 0 Å². The summed E-state index contributed by atoms with van der Waals surface area (Å²) in [5, 5.41) is 13.2. The summed E-state index contributed by atoms with van der Waals surface area (Å²) in [7, 11) is 0. The predicted octanol–water partition coefficient (Wildman–Crippen LogP) is 2.50. The number of hydrogen-bond donors (Lipinski definition) is 1. The monoisotopic (exact) mass is 264 g/mol. The van der Waals surface area contributed by atoms with Crippen molar-refractivity contribution in [3.05, 3.63) is 35.4 Å². The van der Waals surface area contributed by atoms with Gasteiger partial charge in [0.15, 0.2) is 0 Å². The van der Waals surface area contributed by atoms with Gasteiger partial charge in [-0.25, -0.2) is 0 Å². The highest BCUT2D eigenvalue weighted by molar-refractivity contribution is 8.06. The summed E-state index contributed by atoms with van der Waals surface area (Å²) in [6.45, 7) is 1.84. The van der Waals surface area contributed by atoms with E-state index in [1.54, 1.807) is 0 Å². The lowest BCUT2D eigenvalue weighted by molar-refractivity contribution is 0.685. The molecule has 1 aromatic rings. The van der Waals surface area contributed by atoms with E-state index in [-0.39, 0.29) is 0 Å². The van der Waals surface area contributed by atoms with Crippen LogP contribution in [0.2, 0.25) is 0 Å². The Hall–Kier alpha value is -0.630. The van der Waals surface area contributed by atoms with Gasteiger partial charge in [-0.2, -0.15) is 28.8 Å². The van der Waals surface area contributed by atoms with Gasteiger partial charge < -0.3 is 5.32 Å². The Balaban J connectivity index is 1.79. The molecule has 1 atom stereocenters. The van der Waals surface area contributed by atoms with Crippen molar-refractivity contribution in [2.75, 3.05) is 23.8 Å². The van der Waals surface area contributed by atoms with Crippen LogP contribution in [0.15, 0.2) is 24.3 Å². The smallest absolute Gasteiger partial charge is 0.0995 e. The average Bonchev–Trinajstić information content (AvgIpc) is 2.40. The first-order chi connectivity index (χ1) is 8.40. The number of benzene rings is 1. The number of thioether (sulfide) groups is 2. The van der Waals surface area contributed by atoms with Crippen molar-refractivity contribution in [1.82, 2.24) is 5.32 Å². The molecule has 0 bridgehead atoms. The third kappa shape index (κ3) is 3.95. The van der Waals surface area contributed by atoms with E-state index in [0.29, 0.717) is 0 Å². The largest absolute Gasteiger partial charge is 0.311 e. The van der Waals surface area contributed by atoms with Crippen molar-refractivity contribution in [3.63, 3.8) is 0 Å². The number of hydrogen-bond acceptors (Lipinski definition) is 4. The molecular formula is C13H16N2S2. The molecule has 0 spiro atoms. The Kier molecular flexibility index (Phi) is 5.24. The van der Waals surface area contributed by atoms with Gasteiger partial charge in [0.05, 0.1) is 11.6 Å². The van der Waals surface area contributed by atoms with Crippen molar-refractivity contribution < 1.29 is 0 Å². The molecule has 17 heavy (non-hydrogen) atoms. The molecule has 0 aliphatic carbocycles. The van der Waals surface area contributed by atoms with Gasteiger partial charge in [0.1, 0.15) is 0 Å². The normalized spacial score (nSPS) is 19.8.